The van der Waals surface area contributed by atoms with Gasteiger partial charge in [0.05, 0.1) is 11.7 Å². The Morgan fingerprint density at radius 2 is 1.89 bits per heavy atom. The van der Waals surface area contributed by atoms with Crippen molar-refractivity contribution in [3.8, 4) is 5.75 Å². The molecule has 0 unspecified atom stereocenters. The summed E-state index contributed by atoms with van der Waals surface area (Å²) in [5.41, 5.74) is 2.26. The fraction of sp³-hybridized carbons (Fsp3) is 0.500. The number of hydrogen-bond acceptors (Lipinski definition) is 5. The number of carbonyl (C=O) groups excluding carboxylic acids is 2. The lowest BCUT2D eigenvalue weighted by atomic mass is 10.0. The first-order valence-electron chi connectivity index (χ1n) is 12.7. The van der Waals surface area contributed by atoms with Crippen LogP contribution in [0.3, 0.4) is 0 Å². The second kappa shape index (κ2) is 13.3. The summed E-state index contributed by atoms with van der Waals surface area (Å²) in [5, 5.41) is 5.63. The van der Waals surface area contributed by atoms with E-state index >= 15 is 0 Å². The highest BCUT2D eigenvalue weighted by Gasteiger charge is 2.28. The van der Waals surface area contributed by atoms with Crippen LogP contribution in [0.1, 0.15) is 43.1 Å². The minimum atomic E-state index is -0.285. The molecule has 3 amide bonds. The van der Waals surface area contributed by atoms with E-state index in [1.165, 1.54) is 5.56 Å². The van der Waals surface area contributed by atoms with Gasteiger partial charge >= 0.3 is 6.03 Å². The van der Waals surface area contributed by atoms with E-state index in [4.69, 9.17) is 9.47 Å². The van der Waals surface area contributed by atoms with Crippen LogP contribution in [0.4, 0.5) is 10.5 Å². The smallest absolute Gasteiger partial charge is 0.319 e. The van der Waals surface area contributed by atoms with Crippen LogP contribution in [0.2, 0.25) is 0 Å². The van der Waals surface area contributed by atoms with Crippen molar-refractivity contribution >= 4 is 17.6 Å². The molecule has 2 aromatic rings. The zero-order valence-corrected chi connectivity index (χ0v) is 22.1. The van der Waals surface area contributed by atoms with Crippen LogP contribution in [0.15, 0.2) is 48.5 Å². The standard InChI is InChI=1S/C28H40N4O4/c1-6-14-29-28(34)30-23-12-13-24-25(15-23)36-19-21(3)32(17-22-10-8-7-9-11-22)16-20(2)26(35-5)18-31(4)27(24)33/h7-13,15,20-21,26H,6,14,16-19H2,1-5H3,(H2,29,30,34)/t20-,21-,26+/m1/s1. The summed E-state index contributed by atoms with van der Waals surface area (Å²) in [6, 6.07) is 15.4. The Bertz CT molecular complexity index is 1000. The zero-order chi connectivity index (χ0) is 26.1. The van der Waals surface area contributed by atoms with Crippen molar-refractivity contribution in [2.75, 3.05) is 45.7 Å². The number of fused-ring (bicyclic) bond motifs is 1. The van der Waals surface area contributed by atoms with E-state index in [1.807, 2.05) is 13.0 Å². The van der Waals surface area contributed by atoms with Crippen molar-refractivity contribution in [3.63, 3.8) is 0 Å². The number of nitrogens with one attached hydrogen (secondary N) is 2. The summed E-state index contributed by atoms with van der Waals surface area (Å²) < 4.78 is 12.1. The van der Waals surface area contributed by atoms with Gasteiger partial charge in [-0.3, -0.25) is 9.69 Å². The predicted molar refractivity (Wildman–Crippen MR) is 142 cm³/mol. The second-order valence-electron chi connectivity index (χ2n) is 9.60. The molecule has 0 saturated carbocycles. The third kappa shape index (κ3) is 7.45. The molecule has 2 N–H and O–H groups in total. The van der Waals surface area contributed by atoms with Crippen molar-refractivity contribution in [1.82, 2.24) is 15.1 Å². The molecule has 0 fully saturated rings. The van der Waals surface area contributed by atoms with Crippen LogP contribution >= 0.6 is 0 Å². The highest BCUT2D eigenvalue weighted by Crippen LogP contribution is 2.27. The summed E-state index contributed by atoms with van der Waals surface area (Å²) in [5.74, 6) is 0.508. The lowest BCUT2D eigenvalue weighted by molar-refractivity contribution is 0.00922. The zero-order valence-electron chi connectivity index (χ0n) is 22.1. The Kier molecular flexibility index (Phi) is 10.1. The molecule has 0 spiro atoms. The number of hydrogen-bond donors (Lipinski definition) is 2. The molecule has 36 heavy (non-hydrogen) atoms. The number of likely N-dealkylation sites (N-methyl/N-ethyl adjacent to an activating group) is 1. The maximum atomic E-state index is 13.4. The summed E-state index contributed by atoms with van der Waals surface area (Å²) >= 11 is 0. The van der Waals surface area contributed by atoms with E-state index in [2.05, 4.69) is 53.6 Å². The molecular formula is C28H40N4O4. The second-order valence-corrected chi connectivity index (χ2v) is 9.60. The lowest BCUT2D eigenvalue weighted by Crippen LogP contribution is -2.46. The molecule has 3 rings (SSSR count). The Morgan fingerprint density at radius 3 is 2.58 bits per heavy atom. The molecule has 0 radical (unpaired) electrons. The number of methoxy groups -OCH3 is 1. The number of carbonyl (C=O) groups is 2. The van der Waals surface area contributed by atoms with Crippen LogP contribution in [0, 0.1) is 5.92 Å². The van der Waals surface area contributed by atoms with Gasteiger partial charge in [0, 0.05) is 58.1 Å². The van der Waals surface area contributed by atoms with Crippen LogP contribution in [0.5, 0.6) is 5.75 Å². The van der Waals surface area contributed by atoms with E-state index in [9.17, 15) is 9.59 Å². The van der Waals surface area contributed by atoms with E-state index < -0.39 is 0 Å². The minimum absolute atomic E-state index is 0.0785. The van der Waals surface area contributed by atoms with Crippen LogP contribution in [-0.2, 0) is 11.3 Å². The molecule has 0 saturated heterocycles. The van der Waals surface area contributed by atoms with E-state index in [-0.39, 0.29) is 30.0 Å². The molecule has 8 heteroatoms. The van der Waals surface area contributed by atoms with E-state index in [1.54, 1.807) is 37.3 Å². The largest absolute Gasteiger partial charge is 0.491 e. The van der Waals surface area contributed by atoms with Crippen molar-refractivity contribution in [3.05, 3.63) is 59.7 Å². The molecule has 1 aliphatic heterocycles. The molecule has 3 atom stereocenters. The van der Waals surface area contributed by atoms with Gasteiger partial charge in [-0.05, 0) is 37.0 Å². The predicted octanol–water partition coefficient (Wildman–Crippen LogP) is 4.22. The first-order valence-corrected chi connectivity index (χ1v) is 12.7. The summed E-state index contributed by atoms with van der Waals surface area (Å²) in [6.45, 7) is 9.32. The van der Waals surface area contributed by atoms with Crippen LogP contribution in [0.25, 0.3) is 0 Å². The summed E-state index contributed by atoms with van der Waals surface area (Å²) in [4.78, 5) is 29.6. The van der Waals surface area contributed by atoms with Gasteiger partial charge in [0.1, 0.15) is 12.4 Å². The molecule has 1 heterocycles. The number of urea groups is 1. The highest BCUT2D eigenvalue weighted by molar-refractivity contribution is 5.98. The molecular weight excluding hydrogens is 456 g/mol. The topological polar surface area (TPSA) is 83.1 Å². The van der Waals surface area contributed by atoms with Gasteiger partial charge in [-0.15, -0.1) is 0 Å². The van der Waals surface area contributed by atoms with Gasteiger partial charge in [0.25, 0.3) is 5.91 Å². The van der Waals surface area contributed by atoms with Crippen molar-refractivity contribution in [2.45, 2.75) is 45.9 Å². The van der Waals surface area contributed by atoms with Gasteiger partial charge in [0.15, 0.2) is 0 Å². The average Bonchev–Trinajstić information content (AvgIpc) is 2.88. The van der Waals surface area contributed by atoms with Crippen LogP contribution < -0.4 is 15.4 Å². The maximum Gasteiger partial charge on any atom is 0.319 e. The Labute approximate surface area is 214 Å². The molecule has 8 nitrogen and oxygen atoms in total. The number of amides is 3. The fourth-order valence-corrected chi connectivity index (χ4v) is 4.38. The quantitative estimate of drug-likeness (QED) is 0.626. The van der Waals surface area contributed by atoms with Gasteiger partial charge in [-0.1, -0.05) is 44.2 Å². The van der Waals surface area contributed by atoms with Crippen molar-refractivity contribution in [2.24, 2.45) is 5.92 Å². The molecule has 0 aliphatic carbocycles. The molecule has 196 valence electrons. The molecule has 1 aliphatic rings. The number of anilines is 1. The normalized spacial score (nSPS) is 21.5. The number of nitrogens with zero attached hydrogens (tertiary/aromatic N) is 2. The van der Waals surface area contributed by atoms with E-state index in [0.29, 0.717) is 36.7 Å². The first kappa shape index (κ1) is 27.5. The average molecular weight is 497 g/mol. The Hall–Kier alpha value is -3.10. The third-order valence-corrected chi connectivity index (χ3v) is 6.60. The summed E-state index contributed by atoms with van der Waals surface area (Å²) in [7, 11) is 3.49. The molecule has 0 bridgehead atoms. The molecule has 0 aromatic heterocycles. The van der Waals surface area contributed by atoms with Gasteiger partial charge in [-0.25, -0.2) is 4.79 Å². The van der Waals surface area contributed by atoms with E-state index in [0.717, 1.165) is 19.5 Å². The fourth-order valence-electron chi connectivity index (χ4n) is 4.38. The molecule has 2 aromatic carbocycles. The van der Waals surface area contributed by atoms with Crippen molar-refractivity contribution < 1.29 is 19.1 Å². The number of rotatable bonds is 6. The highest BCUT2D eigenvalue weighted by atomic mass is 16.5. The monoisotopic (exact) mass is 496 g/mol. The van der Waals surface area contributed by atoms with Crippen molar-refractivity contribution in [1.29, 1.82) is 0 Å². The SMILES string of the molecule is CCCNC(=O)Nc1ccc2c(c1)OC[C@@H](C)N(Cc1ccccc1)C[C@@H](C)[C@@H](OC)CN(C)C2=O. The Morgan fingerprint density at radius 1 is 1.14 bits per heavy atom. The maximum absolute atomic E-state index is 13.4. The Balaban J connectivity index is 1.90. The van der Waals surface area contributed by atoms with Gasteiger partial charge < -0.3 is 25.0 Å². The number of ether oxygens (including phenoxy) is 2. The van der Waals surface area contributed by atoms with Crippen LogP contribution in [-0.4, -0.2) is 74.3 Å². The lowest BCUT2D eigenvalue weighted by Gasteiger charge is -2.36. The first-order chi connectivity index (χ1) is 17.3. The van der Waals surface area contributed by atoms with Gasteiger partial charge in [-0.2, -0.15) is 0 Å². The number of benzene rings is 2. The summed E-state index contributed by atoms with van der Waals surface area (Å²) in [6.07, 6.45) is 0.733. The third-order valence-electron chi connectivity index (χ3n) is 6.60. The minimum Gasteiger partial charge on any atom is -0.491 e. The van der Waals surface area contributed by atoms with Gasteiger partial charge in [0.2, 0.25) is 0 Å².